The molecule has 0 aliphatic rings. The number of carbonyl (C=O) groups is 1. The molecular weight excluding hydrogens is 382 g/mol. The highest BCUT2D eigenvalue weighted by molar-refractivity contribution is 9.10. The van der Waals surface area contributed by atoms with E-state index in [1.165, 1.54) is 0 Å². The third-order valence-corrected chi connectivity index (χ3v) is 4.75. The zero-order chi connectivity index (χ0) is 17.8. The van der Waals surface area contributed by atoms with Gasteiger partial charge in [0.1, 0.15) is 11.5 Å². The van der Waals surface area contributed by atoms with Crippen LogP contribution in [0.15, 0.2) is 65.1 Å². The third kappa shape index (κ3) is 4.12. The molecule has 0 aromatic heterocycles. The fourth-order valence-corrected chi connectivity index (χ4v) is 3.24. The molecule has 1 unspecified atom stereocenters. The van der Waals surface area contributed by atoms with E-state index >= 15 is 0 Å². The van der Waals surface area contributed by atoms with E-state index < -0.39 is 0 Å². The van der Waals surface area contributed by atoms with Crippen molar-refractivity contribution in [3.8, 4) is 11.5 Å². The molecule has 3 aromatic rings. The first-order valence-corrected chi connectivity index (χ1v) is 8.72. The van der Waals surface area contributed by atoms with Crippen molar-refractivity contribution in [1.82, 2.24) is 5.32 Å². The smallest absolute Gasteiger partial charge is 0.258 e. The van der Waals surface area contributed by atoms with Gasteiger partial charge in [-0.15, -0.1) is 0 Å². The SMILES string of the molecule is CC(NC(=O)COc1ccc2ccccc2c1Br)c1cccc(O)c1. The minimum atomic E-state index is -0.226. The van der Waals surface area contributed by atoms with Gasteiger partial charge in [0, 0.05) is 0 Å². The zero-order valence-electron chi connectivity index (χ0n) is 13.7. The molecule has 0 aliphatic carbocycles. The highest BCUT2D eigenvalue weighted by Crippen LogP contribution is 2.33. The topological polar surface area (TPSA) is 58.6 Å². The van der Waals surface area contributed by atoms with Crippen molar-refractivity contribution in [3.05, 3.63) is 70.7 Å². The molecule has 0 spiro atoms. The first kappa shape index (κ1) is 17.3. The van der Waals surface area contributed by atoms with Crippen LogP contribution >= 0.6 is 15.9 Å². The van der Waals surface area contributed by atoms with E-state index in [0.717, 1.165) is 20.8 Å². The van der Waals surface area contributed by atoms with Crippen LogP contribution in [0.4, 0.5) is 0 Å². The van der Waals surface area contributed by atoms with Gasteiger partial charge in [-0.1, -0.05) is 42.5 Å². The predicted molar refractivity (Wildman–Crippen MR) is 102 cm³/mol. The van der Waals surface area contributed by atoms with Crippen molar-refractivity contribution in [2.24, 2.45) is 0 Å². The van der Waals surface area contributed by atoms with Crippen molar-refractivity contribution in [1.29, 1.82) is 0 Å². The van der Waals surface area contributed by atoms with Gasteiger partial charge in [-0.3, -0.25) is 4.79 Å². The highest BCUT2D eigenvalue weighted by atomic mass is 79.9. The number of carbonyl (C=O) groups excluding carboxylic acids is 1. The lowest BCUT2D eigenvalue weighted by Crippen LogP contribution is -2.31. The molecule has 0 saturated heterocycles. The minimum Gasteiger partial charge on any atom is -0.508 e. The Bertz CT molecular complexity index is 910. The molecule has 128 valence electrons. The summed E-state index contributed by atoms with van der Waals surface area (Å²) < 4.78 is 6.49. The first-order chi connectivity index (χ1) is 12.0. The number of phenolic OH excluding ortho intramolecular Hbond substituents is 1. The number of rotatable bonds is 5. The molecule has 0 bridgehead atoms. The second-order valence-corrected chi connectivity index (χ2v) is 6.56. The van der Waals surface area contributed by atoms with Crippen LogP contribution in [-0.4, -0.2) is 17.6 Å². The molecule has 0 heterocycles. The summed E-state index contributed by atoms with van der Waals surface area (Å²) in [6.45, 7) is 1.78. The second kappa shape index (κ2) is 7.57. The van der Waals surface area contributed by atoms with E-state index in [-0.39, 0.29) is 24.3 Å². The van der Waals surface area contributed by atoms with Gasteiger partial charge in [0.05, 0.1) is 10.5 Å². The third-order valence-electron chi connectivity index (χ3n) is 3.93. The minimum absolute atomic E-state index is 0.0832. The van der Waals surface area contributed by atoms with Gasteiger partial charge in [-0.25, -0.2) is 0 Å². The predicted octanol–water partition coefficient (Wildman–Crippen LogP) is 4.56. The summed E-state index contributed by atoms with van der Waals surface area (Å²) in [7, 11) is 0. The number of ether oxygens (including phenoxy) is 1. The van der Waals surface area contributed by atoms with Crippen LogP contribution in [-0.2, 0) is 4.79 Å². The van der Waals surface area contributed by atoms with Crippen LogP contribution in [0.25, 0.3) is 10.8 Å². The van der Waals surface area contributed by atoms with Gasteiger partial charge in [-0.2, -0.15) is 0 Å². The van der Waals surface area contributed by atoms with E-state index in [1.807, 2.05) is 49.4 Å². The molecule has 0 radical (unpaired) electrons. The molecule has 1 atom stereocenters. The van der Waals surface area contributed by atoms with Crippen LogP contribution in [0.1, 0.15) is 18.5 Å². The molecule has 1 amide bonds. The van der Waals surface area contributed by atoms with Gasteiger partial charge >= 0.3 is 0 Å². The molecule has 3 rings (SSSR count). The summed E-state index contributed by atoms with van der Waals surface area (Å²) in [6, 6.07) is 18.4. The highest BCUT2D eigenvalue weighted by Gasteiger charge is 2.12. The molecular formula is C20H18BrNO3. The van der Waals surface area contributed by atoms with E-state index in [0.29, 0.717) is 5.75 Å². The van der Waals surface area contributed by atoms with Crippen molar-refractivity contribution < 1.29 is 14.6 Å². The Morgan fingerprint density at radius 3 is 2.76 bits per heavy atom. The maximum Gasteiger partial charge on any atom is 0.258 e. The Balaban J connectivity index is 1.63. The van der Waals surface area contributed by atoms with Gasteiger partial charge in [-0.05, 0) is 57.4 Å². The van der Waals surface area contributed by atoms with E-state index in [2.05, 4.69) is 21.2 Å². The van der Waals surface area contributed by atoms with Gasteiger partial charge in [0.25, 0.3) is 5.91 Å². The number of amides is 1. The summed E-state index contributed by atoms with van der Waals surface area (Å²) >= 11 is 3.54. The number of phenols is 1. The number of fused-ring (bicyclic) bond motifs is 1. The largest absolute Gasteiger partial charge is 0.508 e. The van der Waals surface area contributed by atoms with Crippen molar-refractivity contribution >= 4 is 32.6 Å². The molecule has 4 nitrogen and oxygen atoms in total. The average molecular weight is 400 g/mol. The number of aromatic hydroxyl groups is 1. The fourth-order valence-electron chi connectivity index (χ4n) is 2.63. The number of halogens is 1. The maximum atomic E-state index is 12.1. The summed E-state index contributed by atoms with van der Waals surface area (Å²) in [6.07, 6.45) is 0. The van der Waals surface area contributed by atoms with E-state index in [1.54, 1.807) is 18.2 Å². The maximum absolute atomic E-state index is 12.1. The molecule has 3 aromatic carbocycles. The standard InChI is InChI=1S/C20H18BrNO3/c1-13(15-6-4-7-16(23)11-15)22-19(24)12-25-18-10-9-14-5-2-3-8-17(14)20(18)21/h2-11,13,23H,12H2,1H3,(H,22,24). The summed E-state index contributed by atoms with van der Waals surface area (Å²) in [5.74, 6) is 0.574. The number of hydrogen-bond acceptors (Lipinski definition) is 3. The number of benzene rings is 3. The monoisotopic (exact) mass is 399 g/mol. The Hall–Kier alpha value is -2.53. The molecule has 0 fully saturated rings. The van der Waals surface area contributed by atoms with Gasteiger partial charge in [0.2, 0.25) is 0 Å². The lowest BCUT2D eigenvalue weighted by molar-refractivity contribution is -0.123. The molecule has 5 heteroatoms. The first-order valence-electron chi connectivity index (χ1n) is 7.93. The Morgan fingerprint density at radius 2 is 1.96 bits per heavy atom. The summed E-state index contributed by atoms with van der Waals surface area (Å²) in [5.41, 5.74) is 0.834. The van der Waals surface area contributed by atoms with Crippen molar-refractivity contribution in [2.75, 3.05) is 6.61 Å². The zero-order valence-corrected chi connectivity index (χ0v) is 15.3. The average Bonchev–Trinajstić information content (AvgIpc) is 2.61. The van der Waals surface area contributed by atoms with Gasteiger partial charge in [0.15, 0.2) is 6.61 Å². The lowest BCUT2D eigenvalue weighted by Gasteiger charge is -2.15. The van der Waals surface area contributed by atoms with Gasteiger partial charge < -0.3 is 15.2 Å². The molecule has 0 aliphatic heterocycles. The number of nitrogens with one attached hydrogen (secondary N) is 1. The van der Waals surface area contributed by atoms with Crippen LogP contribution < -0.4 is 10.1 Å². The Kier molecular flexibility index (Phi) is 5.24. The van der Waals surface area contributed by atoms with Crippen LogP contribution in [0.5, 0.6) is 11.5 Å². The van der Waals surface area contributed by atoms with Crippen LogP contribution in [0.3, 0.4) is 0 Å². The molecule has 2 N–H and O–H groups in total. The quantitative estimate of drug-likeness (QED) is 0.660. The van der Waals surface area contributed by atoms with Crippen LogP contribution in [0, 0.1) is 0 Å². The summed E-state index contributed by atoms with van der Waals surface area (Å²) in [4.78, 5) is 12.1. The van der Waals surface area contributed by atoms with Crippen LogP contribution in [0.2, 0.25) is 0 Å². The van der Waals surface area contributed by atoms with E-state index in [9.17, 15) is 9.90 Å². The molecule has 0 saturated carbocycles. The Labute approximate surface area is 154 Å². The normalized spacial score (nSPS) is 11.9. The van der Waals surface area contributed by atoms with Crippen molar-refractivity contribution in [3.63, 3.8) is 0 Å². The van der Waals surface area contributed by atoms with Crippen molar-refractivity contribution in [2.45, 2.75) is 13.0 Å². The Morgan fingerprint density at radius 1 is 1.16 bits per heavy atom. The van der Waals surface area contributed by atoms with E-state index in [4.69, 9.17) is 4.74 Å². The summed E-state index contributed by atoms with van der Waals surface area (Å²) in [5, 5.41) is 14.5. The molecule has 25 heavy (non-hydrogen) atoms. The lowest BCUT2D eigenvalue weighted by atomic mass is 10.1. The number of hydrogen-bond donors (Lipinski definition) is 2. The fraction of sp³-hybridized carbons (Fsp3) is 0.150. The second-order valence-electron chi connectivity index (χ2n) is 5.77.